The normalized spacial score (nSPS) is 26.9. The van der Waals surface area contributed by atoms with Gasteiger partial charge in [0.2, 0.25) is 0 Å². The van der Waals surface area contributed by atoms with Gasteiger partial charge in [0.1, 0.15) is 0 Å². The summed E-state index contributed by atoms with van der Waals surface area (Å²) in [6.07, 6.45) is -0.535. The molecule has 72 valence electrons. The number of esters is 4. The van der Waals surface area contributed by atoms with Crippen LogP contribution in [0.4, 0.5) is 0 Å². The van der Waals surface area contributed by atoms with Crippen LogP contribution in [0.15, 0.2) is 11.1 Å². The molecule has 0 N–H and O–H groups in total. The molecule has 0 spiro atoms. The molecule has 2 aliphatic heterocycles. The molecule has 6 nitrogen and oxygen atoms in total. The predicted octanol–water partition coefficient (Wildman–Crippen LogP) is -0.770. The number of rotatable bonds is 0. The molecule has 0 atom stereocenters. The zero-order valence-electron chi connectivity index (χ0n) is 6.86. The lowest BCUT2D eigenvalue weighted by molar-refractivity contribution is -0.153. The van der Waals surface area contributed by atoms with Crippen molar-refractivity contribution in [1.82, 2.24) is 0 Å². The highest BCUT2D eigenvalue weighted by molar-refractivity contribution is 6.15. The molecule has 14 heavy (non-hydrogen) atoms. The van der Waals surface area contributed by atoms with Gasteiger partial charge in [-0.25, -0.2) is 9.59 Å². The molecule has 0 aromatic heterocycles. The fourth-order valence-corrected chi connectivity index (χ4v) is 1.29. The predicted molar refractivity (Wildman–Crippen MR) is 38.5 cm³/mol. The quantitative estimate of drug-likeness (QED) is 0.287. The first-order valence-electron chi connectivity index (χ1n) is 3.80. The van der Waals surface area contributed by atoms with Crippen molar-refractivity contribution in [3.05, 3.63) is 11.1 Å². The summed E-state index contributed by atoms with van der Waals surface area (Å²) in [6, 6.07) is 0. The van der Waals surface area contributed by atoms with Crippen molar-refractivity contribution in [2.24, 2.45) is 0 Å². The summed E-state index contributed by atoms with van der Waals surface area (Å²) in [7, 11) is 0. The Morgan fingerprint density at radius 1 is 0.714 bits per heavy atom. The number of hydrogen-bond donors (Lipinski definition) is 0. The third-order valence-electron chi connectivity index (χ3n) is 1.91. The van der Waals surface area contributed by atoms with Crippen molar-refractivity contribution < 1.29 is 28.7 Å². The van der Waals surface area contributed by atoms with Gasteiger partial charge in [-0.2, -0.15) is 0 Å². The van der Waals surface area contributed by atoms with Gasteiger partial charge in [0.15, 0.2) is 0 Å². The lowest BCUT2D eigenvalue weighted by Gasteiger charge is -1.91. The Balaban J connectivity index is 2.41. The summed E-state index contributed by atoms with van der Waals surface area (Å²) in [5.74, 6) is -3.16. The Kier molecular flexibility index (Phi) is 1.70. The molecular formula is C8H4O6. The molecule has 0 aromatic rings. The van der Waals surface area contributed by atoms with Crippen LogP contribution >= 0.6 is 0 Å². The highest BCUT2D eigenvalue weighted by Gasteiger charge is 2.38. The van der Waals surface area contributed by atoms with Gasteiger partial charge in [-0.3, -0.25) is 9.59 Å². The van der Waals surface area contributed by atoms with Gasteiger partial charge in [0, 0.05) is 0 Å². The van der Waals surface area contributed by atoms with Crippen LogP contribution in [0.25, 0.3) is 0 Å². The second kappa shape index (κ2) is 2.76. The van der Waals surface area contributed by atoms with E-state index in [0.29, 0.717) is 0 Å². The molecular weight excluding hydrogens is 192 g/mol. The summed E-state index contributed by atoms with van der Waals surface area (Å²) in [4.78, 5) is 43.4. The summed E-state index contributed by atoms with van der Waals surface area (Å²) in [5, 5.41) is 0. The van der Waals surface area contributed by atoms with E-state index in [9.17, 15) is 19.2 Å². The highest BCUT2D eigenvalue weighted by atomic mass is 16.6. The van der Waals surface area contributed by atoms with Crippen LogP contribution in [0.5, 0.6) is 0 Å². The maximum atomic E-state index is 11.0. The van der Waals surface area contributed by atoms with Gasteiger partial charge in [-0.05, 0) is 0 Å². The second-order valence-electron chi connectivity index (χ2n) is 2.83. The van der Waals surface area contributed by atoms with Crippen molar-refractivity contribution in [2.75, 3.05) is 0 Å². The van der Waals surface area contributed by atoms with Gasteiger partial charge in [0.25, 0.3) is 0 Å². The lowest BCUT2D eigenvalue weighted by atomic mass is 10.1. The Bertz CT molecular complexity index is 364. The number of ether oxygens (including phenoxy) is 2. The molecule has 0 aliphatic carbocycles. The maximum absolute atomic E-state index is 11.0. The SMILES string of the molecule is O=C1C/C(=C2\CC(=O)OC2=O)C(=O)O1. The first kappa shape index (κ1) is 8.61. The Labute approximate surface area is 77.5 Å². The van der Waals surface area contributed by atoms with Crippen LogP contribution in [-0.2, 0) is 28.7 Å². The van der Waals surface area contributed by atoms with E-state index in [1.54, 1.807) is 0 Å². The van der Waals surface area contributed by atoms with Gasteiger partial charge < -0.3 is 9.47 Å². The molecule has 2 saturated heterocycles. The third kappa shape index (κ3) is 1.20. The van der Waals surface area contributed by atoms with Crippen LogP contribution in [0.3, 0.4) is 0 Å². The average Bonchev–Trinajstić information content (AvgIpc) is 2.55. The van der Waals surface area contributed by atoms with E-state index in [4.69, 9.17) is 0 Å². The molecule has 0 unspecified atom stereocenters. The van der Waals surface area contributed by atoms with E-state index < -0.39 is 23.9 Å². The van der Waals surface area contributed by atoms with Crippen molar-refractivity contribution in [3.8, 4) is 0 Å². The van der Waals surface area contributed by atoms with Crippen molar-refractivity contribution in [2.45, 2.75) is 12.8 Å². The summed E-state index contributed by atoms with van der Waals surface area (Å²) in [5.41, 5.74) is -0.128. The van der Waals surface area contributed by atoms with Crippen molar-refractivity contribution in [1.29, 1.82) is 0 Å². The van der Waals surface area contributed by atoms with E-state index >= 15 is 0 Å². The molecule has 0 radical (unpaired) electrons. The minimum absolute atomic E-state index is 0.0640. The Hall–Kier alpha value is -1.98. The summed E-state index contributed by atoms with van der Waals surface area (Å²) >= 11 is 0. The molecule has 0 bridgehead atoms. The van der Waals surface area contributed by atoms with Crippen LogP contribution in [-0.4, -0.2) is 23.9 Å². The standard InChI is InChI=1S/C8H4O6/c9-5-1-3(7(11)13-5)4-2-6(10)14-8(4)12/h1-2H2/b4-3-. The van der Waals surface area contributed by atoms with Crippen LogP contribution in [0, 0.1) is 0 Å². The fraction of sp³-hybridized carbons (Fsp3) is 0.250. The van der Waals surface area contributed by atoms with E-state index in [-0.39, 0.29) is 24.0 Å². The number of cyclic esters (lactones) is 4. The van der Waals surface area contributed by atoms with Gasteiger partial charge in [0.05, 0.1) is 24.0 Å². The minimum Gasteiger partial charge on any atom is -0.389 e. The lowest BCUT2D eigenvalue weighted by Crippen LogP contribution is -2.04. The van der Waals surface area contributed by atoms with E-state index in [1.165, 1.54) is 0 Å². The first-order chi connectivity index (χ1) is 6.58. The smallest absolute Gasteiger partial charge is 0.342 e. The number of hydrogen-bond acceptors (Lipinski definition) is 6. The molecule has 0 saturated carbocycles. The zero-order valence-corrected chi connectivity index (χ0v) is 6.86. The minimum atomic E-state index is -0.864. The first-order valence-corrected chi connectivity index (χ1v) is 3.80. The zero-order chi connectivity index (χ0) is 10.3. The molecule has 6 heteroatoms. The second-order valence-corrected chi connectivity index (χ2v) is 2.83. The molecule has 0 amide bonds. The highest BCUT2D eigenvalue weighted by Crippen LogP contribution is 2.25. The Morgan fingerprint density at radius 3 is 1.29 bits per heavy atom. The number of carbonyl (C=O) groups excluding carboxylic acids is 4. The van der Waals surface area contributed by atoms with Crippen LogP contribution in [0.1, 0.15) is 12.8 Å². The van der Waals surface area contributed by atoms with E-state index in [2.05, 4.69) is 9.47 Å². The third-order valence-corrected chi connectivity index (χ3v) is 1.91. The van der Waals surface area contributed by atoms with Gasteiger partial charge >= 0.3 is 23.9 Å². The summed E-state index contributed by atoms with van der Waals surface area (Å²) < 4.78 is 8.43. The fourth-order valence-electron chi connectivity index (χ4n) is 1.29. The van der Waals surface area contributed by atoms with Crippen LogP contribution in [0.2, 0.25) is 0 Å². The van der Waals surface area contributed by atoms with E-state index in [1.807, 2.05) is 0 Å². The Morgan fingerprint density at radius 2 is 1.07 bits per heavy atom. The molecule has 2 fully saturated rings. The molecule has 2 rings (SSSR count). The largest absolute Gasteiger partial charge is 0.389 e. The van der Waals surface area contributed by atoms with Gasteiger partial charge in [-0.15, -0.1) is 0 Å². The van der Waals surface area contributed by atoms with Gasteiger partial charge in [-0.1, -0.05) is 0 Å². The summed E-state index contributed by atoms with van der Waals surface area (Å²) in [6.45, 7) is 0. The van der Waals surface area contributed by atoms with Crippen LogP contribution < -0.4 is 0 Å². The van der Waals surface area contributed by atoms with Crippen molar-refractivity contribution >= 4 is 23.9 Å². The molecule has 0 aromatic carbocycles. The molecule has 2 heterocycles. The maximum Gasteiger partial charge on any atom is 0.342 e. The monoisotopic (exact) mass is 196 g/mol. The topological polar surface area (TPSA) is 86.7 Å². The van der Waals surface area contributed by atoms with E-state index in [0.717, 1.165) is 0 Å². The average molecular weight is 196 g/mol. The number of carbonyl (C=O) groups is 4. The van der Waals surface area contributed by atoms with Crippen molar-refractivity contribution in [3.63, 3.8) is 0 Å². The molecule has 2 aliphatic rings.